The molecule has 1 heterocycles. The molecule has 0 radical (unpaired) electrons. The molecule has 0 saturated carbocycles. The minimum Gasteiger partial charge on any atom is -0.352 e. The summed E-state index contributed by atoms with van der Waals surface area (Å²) in [7, 11) is -3.10. The molecule has 0 atom stereocenters. The van der Waals surface area contributed by atoms with E-state index in [4.69, 9.17) is 11.6 Å². The highest BCUT2D eigenvalue weighted by atomic mass is 35.5. The highest BCUT2D eigenvalue weighted by molar-refractivity contribution is 7.88. The summed E-state index contributed by atoms with van der Waals surface area (Å²) in [4.78, 5) is 12.0. The van der Waals surface area contributed by atoms with Crippen LogP contribution in [0, 0.1) is 5.92 Å². The third kappa shape index (κ3) is 4.43. The number of sulfonamides is 1. The molecule has 0 bridgehead atoms. The molecule has 1 fully saturated rings. The number of amides is 1. The first-order valence-electron chi connectivity index (χ1n) is 6.86. The monoisotopic (exact) mass is 330 g/mol. The second-order valence-electron chi connectivity index (χ2n) is 5.30. The van der Waals surface area contributed by atoms with Gasteiger partial charge in [-0.2, -0.15) is 0 Å². The van der Waals surface area contributed by atoms with Crippen LogP contribution in [0.5, 0.6) is 0 Å². The van der Waals surface area contributed by atoms with Crippen molar-refractivity contribution in [3.63, 3.8) is 0 Å². The molecule has 0 spiro atoms. The Morgan fingerprint density at radius 1 is 1.33 bits per heavy atom. The van der Waals surface area contributed by atoms with Gasteiger partial charge in [0.05, 0.1) is 16.8 Å². The maximum Gasteiger partial charge on any atom is 0.252 e. The lowest BCUT2D eigenvalue weighted by atomic mass is 9.98. The fraction of sp³-hybridized carbons (Fsp3) is 0.500. The Morgan fingerprint density at radius 3 is 2.52 bits per heavy atom. The number of carbonyl (C=O) groups excluding carboxylic acids is 1. The summed E-state index contributed by atoms with van der Waals surface area (Å²) in [5.41, 5.74) is 0.465. The number of nitrogens with zero attached hydrogens (tertiary/aromatic N) is 1. The summed E-state index contributed by atoms with van der Waals surface area (Å²) in [6.45, 7) is 1.58. The SMILES string of the molecule is CS(=O)(=O)N1CCC(CNC(=O)c2ccccc2Cl)CC1. The highest BCUT2D eigenvalue weighted by Gasteiger charge is 2.25. The maximum atomic E-state index is 12.0. The van der Waals surface area contributed by atoms with E-state index in [0.29, 0.717) is 36.1 Å². The smallest absolute Gasteiger partial charge is 0.252 e. The van der Waals surface area contributed by atoms with Crippen LogP contribution in [0.4, 0.5) is 0 Å². The lowest BCUT2D eigenvalue weighted by molar-refractivity contribution is 0.0941. The summed E-state index contributed by atoms with van der Waals surface area (Å²) in [6.07, 6.45) is 2.75. The van der Waals surface area contributed by atoms with Crippen molar-refractivity contribution in [2.24, 2.45) is 5.92 Å². The van der Waals surface area contributed by atoms with E-state index in [1.165, 1.54) is 10.6 Å². The first-order chi connectivity index (χ1) is 9.88. The lowest BCUT2D eigenvalue weighted by Crippen LogP contribution is -2.41. The van der Waals surface area contributed by atoms with Gasteiger partial charge in [-0.05, 0) is 30.9 Å². The summed E-state index contributed by atoms with van der Waals surface area (Å²) in [6, 6.07) is 6.91. The van der Waals surface area contributed by atoms with E-state index in [-0.39, 0.29) is 5.91 Å². The number of carbonyl (C=O) groups is 1. The van der Waals surface area contributed by atoms with Crippen LogP contribution in [-0.4, -0.2) is 44.5 Å². The second kappa shape index (κ2) is 6.77. The Labute approximate surface area is 130 Å². The van der Waals surface area contributed by atoms with Crippen LogP contribution in [0.2, 0.25) is 5.02 Å². The van der Waals surface area contributed by atoms with Crippen LogP contribution in [-0.2, 0) is 10.0 Å². The van der Waals surface area contributed by atoms with Crippen molar-refractivity contribution >= 4 is 27.5 Å². The van der Waals surface area contributed by atoms with Gasteiger partial charge in [0.2, 0.25) is 10.0 Å². The molecular weight excluding hydrogens is 312 g/mol. The number of rotatable bonds is 4. The van der Waals surface area contributed by atoms with E-state index < -0.39 is 10.0 Å². The number of hydrogen-bond acceptors (Lipinski definition) is 3. The summed E-state index contributed by atoms with van der Waals surface area (Å²) >= 11 is 5.98. The Kier molecular flexibility index (Phi) is 5.24. The Hall–Kier alpha value is -1.11. The van der Waals surface area contributed by atoms with E-state index in [1.807, 2.05) is 0 Å². The van der Waals surface area contributed by atoms with Crippen molar-refractivity contribution in [3.05, 3.63) is 34.9 Å². The standard InChI is InChI=1S/C14H19ClN2O3S/c1-21(19,20)17-8-6-11(7-9-17)10-16-14(18)12-4-2-3-5-13(12)15/h2-5,11H,6-10H2,1H3,(H,16,18). The van der Waals surface area contributed by atoms with Crippen molar-refractivity contribution in [3.8, 4) is 0 Å². The fourth-order valence-corrected chi connectivity index (χ4v) is 3.52. The van der Waals surface area contributed by atoms with E-state index in [0.717, 1.165) is 12.8 Å². The van der Waals surface area contributed by atoms with Gasteiger partial charge in [-0.1, -0.05) is 23.7 Å². The van der Waals surface area contributed by atoms with Crippen LogP contribution in [0.25, 0.3) is 0 Å². The summed E-state index contributed by atoms with van der Waals surface area (Å²) < 4.78 is 24.3. The quantitative estimate of drug-likeness (QED) is 0.914. The molecular formula is C14H19ClN2O3S. The number of nitrogens with one attached hydrogen (secondary N) is 1. The highest BCUT2D eigenvalue weighted by Crippen LogP contribution is 2.19. The van der Waals surface area contributed by atoms with Gasteiger partial charge in [0, 0.05) is 19.6 Å². The molecule has 1 aromatic carbocycles. The van der Waals surface area contributed by atoms with Crippen molar-refractivity contribution in [2.45, 2.75) is 12.8 Å². The summed E-state index contributed by atoms with van der Waals surface area (Å²) in [5, 5.41) is 3.30. The molecule has 1 amide bonds. The van der Waals surface area contributed by atoms with Gasteiger partial charge in [0.1, 0.15) is 0 Å². The van der Waals surface area contributed by atoms with Gasteiger partial charge >= 0.3 is 0 Å². The minimum absolute atomic E-state index is 0.189. The largest absolute Gasteiger partial charge is 0.352 e. The Morgan fingerprint density at radius 2 is 1.95 bits per heavy atom. The zero-order valence-electron chi connectivity index (χ0n) is 11.9. The third-order valence-corrected chi connectivity index (χ3v) is 5.35. The van der Waals surface area contributed by atoms with Crippen molar-refractivity contribution < 1.29 is 13.2 Å². The van der Waals surface area contributed by atoms with Gasteiger partial charge < -0.3 is 5.32 Å². The Balaban J connectivity index is 1.83. The zero-order chi connectivity index (χ0) is 15.5. The van der Waals surface area contributed by atoms with Crippen molar-refractivity contribution in [1.29, 1.82) is 0 Å². The molecule has 0 unspecified atom stereocenters. The van der Waals surface area contributed by atoms with Crippen molar-refractivity contribution in [2.75, 3.05) is 25.9 Å². The van der Waals surface area contributed by atoms with Gasteiger partial charge in [0.25, 0.3) is 5.91 Å². The molecule has 7 heteroatoms. The Bertz CT molecular complexity index is 610. The molecule has 1 N–H and O–H groups in total. The summed E-state index contributed by atoms with van der Waals surface area (Å²) in [5.74, 6) is 0.112. The van der Waals surface area contributed by atoms with E-state index in [2.05, 4.69) is 5.32 Å². The van der Waals surface area contributed by atoms with Crippen molar-refractivity contribution in [1.82, 2.24) is 9.62 Å². The molecule has 0 aliphatic carbocycles. The number of halogens is 1. The van der Waals surface area contributed by atoms with Crippen LogP contribution >= 0.6 is 11.6 Å². The first-order valence-corrected chi connectivity index (χ1v) is 9.08. The topological polar surface area (TPSA) is 66.5 Å². The molecule has 1 aliphatic heterocycles. The molecule has 2 rings (SSSR count). The van der Waals surface area contributed by atoms with E-state index in [1.54, 1.807) is 24.3 Å². The van der Waals surface area contributed by atoms with E-state index >= 15 is 0 Å². The average Bonchev–Trinajstić information content (AvgIpc) is 2.45. The predicted molar refractivity (Wildman–Crippen MR) is 82.9 cm³/mol. The number of benzene rings is 1. The van der Waals surface area contributed by atoms with Gasteiger partial charge in [-0.15, -0.1) is 0 Å². The first kappa shape index (κ1) is 16.3. The maximum absolute atomic E-state index is 12.0. The number of hydrogen-bond donors (Lipinski definition) is 1. The molecule has 1 aromatic rings. The minimum atomic E-state index is -3.10. The van der Waals surface area contributed by atoms with E-state index in [9.17, 15) is 13.2 Å². The van der Waals surface area contributed by atoms with Crippen LogP contribution < -0.4 is 5.32 Å². The predicted octanol–water partition coefficient (Wildman–Crippen LogP) is 1.74. The third-order valence-electron chi connectivity index (χ3n) is 3.71. The molecule has 21 heavy (non-hydrogen) atoms. The van der Waals surface area contributed by atoms with Gasteiger partial charge in [0.15, 0.2) is 0 Å². The molecule has 0 aromatic heterocycles. The lowest BCUT2D eigenvalue weighted by Gasteiger charge is -2.30. The normalized spacial score (nSPS) is 17.6. The van der Waals surface area contributed by atoms with Gasteiger partial charge in [-0.3, -0.25) is 4.79 Å². The van der Waals surface area contributed by atoms with Crippen LogP contribution in [0.1, 0.15) is 23.2 Å². The van der Waals surface area contributed by atoms with Gasteiger partial charge in [-0.25, -0.2) is 12.7 Å². The van der Waals surface area contributed by atoms with Crippen LogP contribution in [0.3, 0.4) is 0 Å². The zero-order valence-corrected chi connectivity index (χ0v) is 13.5. The molecule has 116 valence electrons. The fourth-order valence-electron chi connectivity index (χ4n) is 2.42. The molecule has 5 nitrogen and oxygen atoms in total. The van der Waals surface area contributed by atoms with Crippen LogP contribution in [0.15, 0.2) is 24.3 Å². The molecule has 1 saturated heterocycles. The molecule has 1 aliphatic rings. The second-order valence-corrected chi connectivity index (χ2v) is 7.68. The average molecular weight is 331 g/mol. The number of piperidine rings is 1.